The van der Waals surface area contributed by atoms with Crippen LogP contribution >= 0.6 is 11.3 Å². The van der Waals surface area contributed by atoms with Crippen molar-refractivity contribution in [2.45, 2.75) is 18.9 Å². The maximum Gasteiger partial charge on any atom is 0.226 e. The summed E-state index contributed by atoms with van der Waals surface area (Å²) in [5.41, 5.74) is -0.667. The summed E-state index contributed by atoms with van der Waals surface area (Å²) in [6.45, 7) is 1.04. The van der Waals surface area contributed by atoms with Gasteiger partial charge in [-0.25, -0.2) is 4.98 Å². The van der Waals surface area contributed by atoms with Crippen LogP contribution in [0.3, 0.4) is 0 Å². The lowest BCUT2D eigenvalue weighted by Crippen LogP contribution is -2.43. The number of nitrogens with zero attached hydrogens (tertiary/aromatic N) is 1. The third-order valence-corrected chi connectivity index (χ3v) is 3.54. The predicted molar refractivity (Wildman–Crippen MR) is 74.2 cm³/mol. The number of thiazole rings is 1. The Morgan fingerprint density at radius 1 is 1.60 bits per heavy atom. The Balaban J connectivity index is 1.89. The Labute approximate surface area is 120 Å². The van der Waals surface area contributed by atoms with Crippen LogP contribution in [0, 0.1) is 0 Å². The number of nitrogens with one attached hydrogen (secondary N) is 1. The number of carbonyl (C=O) groups is 1. The van der Waals surface area contributed by atoms with Crippen molar-refractivity contribution in [1.29, 1.82) is 0 Å². The highest BCUT2D eigenvalue weighted by Gasteiger charge is 2.20. The fourth-order valence-electron chi connectivity index (χ4n) is 1.47. The molecule has 1 amide bonds. The molecular weight excluding hydrogens is 280 g/mol. The third kappa shape index (κ3) is 3.89. The number of furan rings is 1. The second-order valence-electron chi connectivity index (χ2n) is 4.73. The lowest BCUT2D eigenvalue weighted by Gasteiger charge is -2.20. The van der Waals surface area contributed by atoms with Gasteiger partial charge in [0.1, 0.15) is 5.60 Å². The number of hydrogen-bond acceptors (Lipinski definition) is 6. The monoisotopic (exact) mass is 296 g/mol. The summed E-state index contributed by atoms with van der Waals surface area (Å²) in [4.78, 5) is 16.0. The summed E-state index contributed by atoms with van der Waals surface area (Å²) in [6, 6.07) is 3.58. The molecule has 2 heterocycles. The number of aliphatic hydroxyl groups excluding tert-OH is 1. The van der Waals surface area contributed by atoms with Crippen molar-refractivity contribution in [1.82, 2.24) is 10.3 Å². The van der Waals surface area contributed by atoms with Crippen molar-refractivity contribution in [2.24, 2.45) is 0 Å². The highest BCUT2D eigenvalue weighted by Crippen LogP contribution is 2.23. The molecule has 0 aromatic carbocycles. The number of rotatable bonds is 6. The van der Waals surface area contributed by atoms with Gasteiger partial charge in [0.25, 0.3) is 0 Å². The molecule has 0 radical (unpaired) electrons. The van der Waals surface area contributed by atoms with E-state index in [0.29, 0.717) is 11.5 Å². The Morgan fingerprint density at radius 3 is 3.05 bits per heavy atom. The average Bonchev–Trinajstić information content (AvgIpc) is 3.07. The maximum atomic E-state index is 11.7. The van der Waals surface area contributed by atoms with Gasteiger partial charge in [0.05, 0.1) is 25.0 Å². The second-order valence-corrected chi connectivity index (χ2v) is 5.59. The minimum absolute atomic E-state index is 0.00247. The van der Waals surface area contributed by atoms with E-state index in [4.69, 9.17) is 9.52 Å². The fourth-order valence-corrected chi connectivity index (χ4v) is 2.26. The zero-order chi connectivity index (χ0) is 14.6. The molecule has 1 atom stereocenters. The number of aromatic nitrogens is 1. The van der Waals surface area contributed by atoms with Crippen LogP contribution < -0.4 is 5.32 Å². The minimum atomic E-state index is -1.31. The molecule has 2 aromatic rings. The molecule has 0 saturated carbocycles. The van der Waals surface area contributed by atoms with Gasteiger partial charge in [-0.1, -0.05) is 0 Å². The first-order valence-electron chi connectivity index (χ1n) is 6.08. The lowest BCUT2D eigenvalue weighted by atomic mass is 10.1. The van der Waals surface area contributed by atoms with Crippen LogP contribution in [0.15, 0.2) is 28.2 Å². The van der Waals surface area contributed by atoms with Crippen LogP contribution in [0.2, 0.25) is 0 Å². The van der Waals surface area contributed by atoms with Gasteiger partial charge in [0.15, 0.2) is 10.8 Å². The van der Waals surface area contributed by atoms with Crippen LogP contribution in [0.4, 0.5) is 0 Å². The van der Waals surface area contributed by atoms with Crippen molar-refractivity contribution in [3.63, 3.8) is 0 Å². The van der Waals surface area contributed by atoms with E-state index in [2.05, 4.69) is 10.3 Å². The molecule has 108 valence electrons. The molecule has 20 heavy (non-hydrogen) atoms. The molecule has 0 fully saturated rings. The smallest absolute Gasteiger partial charge is 0.226 e. The van der Waals surface area contributed by atoms with Gasteiger partial charge in [-0.15, -0.1) is 11.3 Å². The molecule has 2 aromatic heterocycles. The third-order valence-electron chi connectivity index (χ3n) is 2.63. The van der Waals surface area contributed by atoms with E-state index in [1.807, 2.05) is 0 Å². The standard InChI is InChI=1S/C13H16N2O4S/c1-13(18,8-16)7-14-11(17)5-9-6-20-12(15-9)10-3-2-4-19-10/h2-4,6,16,18H,5,7-8H2,1H3,(H,14,17). The molecule has 0 aliphatic carbocycles. The van der Waals surface area contributed by atoms with Crippen LogP contribution in [0.25, 0.3) is 10.8 Å². The van der Waals surface area contributed by atoms with E-state index in [0.717, 1.165) is 5.01 Å². The molecule has 2 rings (SSSR count). The van der Waals surface area contributed by atoms with Crippen LogP contribution in [-0.2, 0) is 11.2 Å². The molecule has 1 unspecified atom stereocenters. The van der Waals surface area contributed by atoms with Crippen molar-refractivity contribution < 1.29 is 19.4 Å². The summed E-state index contributed by atoms with van der Waals surface area (Å²) < 4.78 is 5.23. The van der Waals surface area contributed by atoms with Crippen molar-refractivity contribution in [3.8, 4) is 10.8 Å². The van der Waals surface area contributed by atoms with E-state index in [1.54, 1.807) is 23.8 Å². The normalized spacial score (nSPS) is 13.9. The summed E-state index contributed by atoms with van der Waals surface area (Å²) >= 11 is 1.40. The van der Waals surface area contributed by atoms with Gasteiger partial charge in [-0.05, 0) is 19.1 Å². The molecule has 0 bridgehead atoms. The van der Waals surface area contributed by atoms with Crippen LogP contribution in [0.1, 0.15) is 12.6 Å². The number of hydrogen-bond donors (Lipinski definition) is 3. The van der Waals surface area contributed by atoms with Crippen molar-refractivity contribution in [3.05, 3.63) is 29.5 Å². The summed E-state index contributed by atoms with van der Waals surface area (Å²) in [6.07, 6.45) is 1.69. The molecule has 0 aliphatic heterocycles. The zero-order valence-electron chi connectivity index (χ0n) is 11.0. The number of carbonyl (C=O) groups excluding carboxylic acids is 1. The Bertz CT molecular complexity index is 563. The Hall–Kier alpha value is -1.70. The first-order valence-corrected chi connectivity index (χ1v) is 6.96. The molecule has 7 heteroatoms. The molecule has 0 aliphatic rings. The topological polar surface area (TPSA) is 95.6 Å². The van der Waals surface area contributed by atoms with E-state index in [1.165, 1.54) is 18.3 Å². The quantitative estimate of drug-likeness (QED) is 0.733. The van der Waals surface area contributed by atoms with E-state index in [9.17, 15) is 9.90 Å². The predicted octanol–water partition coefficient (Wildman–Crippen LogP) is 0.805. The van der Waals surface area contributed by atoms with Crippen LogP contribution in [-0.4, -0.2) is 39.9 Å². The molecule has 3 N–H and O–H groups in total. The van der Waals surface area contributed by atoms with E-state index in [-0.39, 0.29) is 18.9 Å². The summed E-state index contributed by atoms with van der Waals surface area (Å²) in [7, 11) is 0. The largest absolute Gasteiger partial charge is 0.462 e. The highest BCUT2D eigenvalue weighted by atomic mass is 32.1. The second kappa shape index (κ2) is 6.17. The molecule has 0 saturated heterocycles. The Morgan fingerprint density at radius 2 is 2.40 bits per heavy atom. The highest BCUT2D eigenvalue weighted by molar-refractivity contribution is 7.13. The van der Waals surface area contributed by atoms with Gasteiger partial charge < -0.3 is 19.9 Å². The average molecular weight is 296 g/mol. The van der Waals surface area contributed by atoms with Gasteiger partial charge >= 0.3 is 0 Å². The van der Waals surface area contributed by atoms with E-state index < -0.39 is 12.2 Å². The zero-order valence-corrected chi connectivity index (χ0v) is 11.8. The molecule has 0 spiro atoms. The van der Waals surface area contributed by atoms with Gasteiger partial charge in [-0.3, -0.25) is 4.79 Å². The van der Waals surface area contributed by atoms with Gasteiger partial charge in [0.2, 0.25) is 5.91 Å². The van der Waals surface area contributed by atoms with Crippen LogP contribution in [0.5, 0.6) is 0 Å². The SMILES string of the molecule is CC(O)(CO)CNC(=O)Cc1csc(-c2ccco2)n1. The van der Waals surface area contributed by atoms with Crippen molar-refractivity contribution >= 4 is 17.2 Å². The summed E-state index contributed by atoms with van der Waals surface area (Å²) in [5.74, 6) is 0.417. The number of amides is 1. The van der Waals surface area contributed by atoms with E-state index >= 15 is 0 Å². The molecular formula is C13H16N2O4S. The summed E-state index contributed by atoms with van der Waals surface area (Å²) in [5, 5.41) is 23.5. The minimum Gasteiger partial charge on any atom is -0.462 e. The number of aliphatic hydroxyl groups is 2. The lowest BCUT2D eigenvalue weighted by molar-refractivity contribution is -0.122. The fraction of sp³-hybridized carbons (Fsp3) is 0.385. The van der Waals surface area contributed by atoms with Gasteiger partial charge in [-0.2, -0.15) is 0 Å². The maximum absolute atomic E-state index is 11.7. The Kier molecular flexibility index (Phi) is 4.53. The van der Waals surface area contributed by atoms with Gasteiger partial charge in [0, 0.05) is 11.9 Å². The first-order chi connectivity index (χ1) is 9.50. The molecule has 6 nitrogen and oxygen atoms in total. The first kappa shape index (κ1) is 14.7. The van der Waals surface area contributed by atoms with Crippen molar-refractivity contribution in [2.75, 3.05) is 13.2 Å².